The molecule has 0 aliphatic rings. The van der Waals surface area contributed by atoms with E-state index in [-0.39, 0.29) is 5.69 Å². The molecule has 0 spiro atoms. The van der Waals surface area contributed by atoms with Crippen molar-refractivity contribution in [2.75, 3.05) is 4.31 Å². The molecule has 0 bridgehead atoms. The van der Waals surface area contributed by atoms with Crippen LogP contribution in [0.1, 0.15) is 16.7 Å². The first-order valence-corrected chi connectivity index (χ1v) is 11.6. The maximum absolute atomic E-state index is 14.2. The highest BCUT2D eigenvalue weighted by molar-refractivity contribution is 7.93. The molecule has 0 saturated carbocycles. The van der Waals surface area contributed by atoms with Crippen molar-refractivity contribution in [2.45, 2.75) is 11.0 Å². The van der Waals surface area contributed by atoms with Crippen LogP contribution in [0.25, 0.3) is 0 Å². The van der Waals surface area contributed by atoms with Crippen LogP contribution in [0, 0.1) is 0 Å². The number of benzene rings is 4. The molecule has 4 rings (SSSR count). The van der Waals surface area contributed by atoms with Crippen LogP contribution in [0.15, 0.2) is 121 Å². The van der Waals surface area contributed by atoms with E-state index in [0.717, 1.165) is 0 Å². The molecule has 0 aliphatic heterocycles. The summed E-state index contributed by atoms with van der Waals surface area (Å²) in [5.41, 5.74) is -6.35. The van der Waals surface area contributed by atoms with Crippen LogP contribution < -0.4 is 4.31 Å². The number of hydrogen-bond donors (Lipinski definition) is 0. The molecule has 168 valence electrons. The molecule has 0 radical (unpaired) electrons. The summed E-state index contributed by atoms with van der Waals surface area (Å²) in [4.78, 5) is 0. The minimum atomic E-state index is -5.86. The van der Waals surface area contributed by atoms with Crippen molar-refractivity contribution in [2.24, 2.45) is 0 Å². The molecule has 0 saturated heterocycles. The molecule has 33 heavy (non-hydrogen) atoms. The summed E-state index contributed by atoms with van der Waals surface area (Å²) in [5.74, 6) is 0. The summed E-state index contributed by atoms with van der Waals surface area (Å²) in [6.07, 6.45) is 0. The third-order valence-corrected chi connectivity index (χ3v) is 6.95. The van der Waals surface area contributed by atoms with Gasteiger partial charge in [0.2, 0.25) is 0 Å². The molecule has 0 aromatic heterocycles. The van der Waals surface area contributed by atoms with Gasteiger partial charge in [0, 0.05) is 0 Å². The lowest BCUT2D eigenvalue weighted by atomic mass is 9.76. The van der Waals surface area contributed by atoms with Gasteiger partial charge in [0.1, 0.15) is 5.54 Å². The van der Waals surface area contributed by atoms with Crippen LogP contribution >= 0.6 is 0 Å². The van der Waals surface area contributed by atoms with E-state index < -0.39 is 21.1 Å². The standard InChI is InChI=1S/C26H20F3NO2S/c27-26(28,29)33(31,32)30(24-19-11-4-12-20-24)25(21-13-5-1-6-14-21,22-15-7-2-8-16-22)23-17-9-3-10-18-23/h1-20H. The molecule has 0 amide bonds. The van der Waals surface area contributed by atoms with Crippen molar-refractivity contribution in [3.63, 3.8) is 0 Å². The number of hydrogen-bond acceptors (Lipinski definition) is 2. The molecule has 0 aliphatic carbocycles. The van der Waals surface area contributed by atoms with Gasteiger partial charge in [-0.2, -0.15) is 21.6 Å². The van der Waals surface area contributed by atoms with Gasteiger partial charge in [-0.1, -0.05) is 109 Å². The zero-order valence-electron chi connectivity index (χ0n) is 17.4. The van der Waals surface area contributed by atoms with Crippen molar-refractivity contribution in [1.29, 1.82) is 0 Å². The summed E-state index contributed by atoms with van der Waals surface area (Å²) in [7, 11) is -5.86. The predicted octanol–water partition coefficient (Wildman–Crippen LogP) is 6.33. The summed E-state index contributed by atoms with van der Waals surface area (Å²) < 4.78 is 69.8. The normalized spacial score (nSPS) is 12.3. The minimum absolute atomic E-state index is 0.105. The van der Waals surface area contributed by atoms with Gasteiger partial charge in [-0.15, -0.1) is 0 Å². The highest BCUT2D eigenvalue weighted by Crippen LogP contribution is 2.48. The van der Waals surface area contributed by atoms with E-state index in [1.165, 1.54) is 24.3 Å². The minimum Gasteiger partial charge on any atom is -0.243 e. The first-order chi connectivity index (χ1) is 15.8. The van der Waals surface area contributed by atoms with E-state index >= 15 is 0 Å². The Bertz CT molecular complexity index is 1200. The van der Waals surface area contributed by atoms with E-state index in [2.05, 4.69) is 0 Å². The average Bonchev–Trinajstić information content (AvgIpc) is 2.84. The molecule has 4 aromatic rings. The van der Waals surface area contributed by atoms with Crippen molar-refractivity contribution < 1.29 is 21.6 Å². The largest absolute Gasteiger partial charge is 0.516 e. The summed E-state index contributed by atoms with van der Waals surface area (Å²) >= 11 is 0. The van der Waals surface area contributed by atoms with E-state index in [1.54, 1.807) is 97.1 Å². The second-order valence-electron chi connectivity index (χ2n) is 7.36. The van der Waals surface area contributed by atoms with E-state index in [9.17, 15) is 21.6 Å². The summed E-state index contributed by atoms with van der Waals surface area (Å²) in [6, 6.07) is 32.5. The fourth-order valence-corrected chi connectivity index (χ4v) is 5.35. The first-order valence-electron chi connectivity index (χ1n) is 10.1. The monoisotopic (exact) mass is 467 g/mol. The number of anilines is 1. The summed E-state index contributed by atoms with van der Waals surface area (Å²) in [6.45, 7) is 0. The van der Waals surface area contributed by atoms with Crippen molar-refractivity contribution in [3.05, 3.63) is 138 Å². The van der Waals surface area contributed by atoms with E-state index in [1.807, 2.05) is 0 Å². The van der Waals surface area contributed by atoms with Crippen molar-refractivity contribution in [1.82, 2.24) is 0 Å². The fourth-order valence-electron chi connectivity index (χ4n) is 4.07. The molecule has 0 atom stereocenters. The Kier molecular flexibility index (Phi) is 5.99. The van der Waals surface area contributed by atoms with E-state index in [4.69, 9.17) is 0 Å². The van der Waals surface area contributed by atoms with Gasteiger partial charge in [0.05, 0.1) is 5.69 Å². The van der Waals surface area contributed by atoms with Crippen LogP contribution in [-0.2, 0) is 15.6 Å². The lowest BCUT2D eigenvalue weighted by Crippen LogP contribution is -2.55. The Balaban J connectivity index is 2.24. The van der Waals surface area contributed by atoms with Gasteiger partial charge in [0.15, 0.2) is 0 Å². The molecular formula is C26H20F3NO2S. The third kappa shape index (κ3) is 3.89. The van der Waals surface area contributed by atoms with Crippen LogP contribution in [0.4, 0.5) is 18.9 Å². The number of halogens is 3. The topological polar surface area (TPSA) is 37.4 Å². The maximum atomic E-state index is 14.2. The van der Waals surface area contributed by atoms with Crippen LogP contribution in [0.3, 0.4) is 0 Å². The van der Waals surface area contributed by atoms with Crippen molar-refractivity contribution in [3.8, 4) is 0 Å². The van der Waals surface area contributed by atoms with E-state index in [0.29, 0.717) is 21.0 Å². The third-order valence-electron chi connectivity index (χ3n) is 5.40. The van der Waals surface area contributed by atoms with Gasteiger partial charge in [-0.05, 0) is 28.8 Å². The molecule has 7 heteroatoms. The molecular weight excluding hydrogens is 447 g/mol. The number of para-hydroxylation sites is 1. The molecule has 0 fully saturated rings. The number of rotatable bonds is 6. The Morgan fingerprint density at radius 1 is 0.515 bits per heavy atom. The second kappa shape index (κ2) is 8.75. The predicted molar refractivity (Wildman–Crippen MR) is 123 cm³/mol. The molecule has 4 aromatic carbocycles. The SMILES string of the molecule is O=S(=O)(N(c1ccccc1)C(c1ccccc1)(c1ccccc1)c1ccccc1)C(F)(F)F. The Morgan fingerprint density at radius 3 is 1.12 bits per heavy atom. The van der Waals surface area contributed by atoms with Gasteiger partial charge in [0.25, 0.3) is 0 Å². The smallest absolute Gasteiger partial charge is 0.243 e. The van der Waals surface area contributed by atoms with Gasteiger partial charge in [-0.3, -0.25) is 0 Å². The Labute approximate surface area is 190 Å². The Morgan fingerprint density at radius 2 is 0.818 bits per heavy atom. The lowest BCUT2D eigenvalue weighted by molar-refractivity contribution is -0.0442. The number of sulfonamides is 1. The second-order valence-corrected chi connectivity index (χ2v) is 9.14. The Hall–Kier alpha value is -3.58. The average molecular weight is 468 g/mol. The fraction of sp³-hybridized carbons (Fsp3) is 0.0769. The zero-order chi connectivity index (χ0) is 23.5. The summed E-state index contributed by atoms with van der Waals surface area (Å²) in [5, 5.41) is 0. The maximum Gasteiger partial charge on any atom is 0.516 e. The quantitative estimate of drug-likeness (QED) is 0.311. The highest BCUT2D eigenvalue weighted by atomic mass is 32.2. The van der Waals surface area contributed by atoms with Gasteiger partial charge in [-0.25, -0.2) is 4.31 Å². The lowest BCUT2D eigenvalue weighted by Gasteiger charge is -2.45. The molecule has 0 unspecified atom stereocenters. The van der Waals surface area contributed by atoms with Crippen molar-refractivity contribution >= 4 is 15.7 Å². The molecule has 0 heterocycles. The number of alkyl halides is 3. The number of nitrogens with zero attached hydrogens (tertiary/aromatic N) is 1. The van der Waals surface area contributed by atoms with Gasteiger partial charge >= 0.3 is 15.5 Å². The van der Waals surface area contributed by atoms with Crippen LogP contribution in [-0.4, -0.2) is 13.9 Å². The molecule has 0 N–H and O–H groups in total. The first kappa shape index (κ1) is 22.6. The van der Waals surface area contributed by atoms with Crippen LogP contribution in [0.5, 0.6) is 0 Å². The van der Waals surface area contributed by atoms with Crippen LogP contribution in [0.2, 0.25) is 0 Å². The molecule has 3 nitrogen and oxygen atoms in total. The highest BCUT2D eigenvalue weighted by Gasteiger charge is 2.58. The van der Waals surface area contributed by atoms with Gasteiger partial charge < -0.3 is 0 Å². The zero-order valence-corrected chi connectivity index (χ0v) is 18.2.